The van der Waals surface area contributed by atoms with Crippen LogP contribution in [-0.2, 0) is 0 Å². The number of nitrogens with zero attached hydrogens (tertiary/aromatic N) is 3. The maximum Gasteiger partial charge on any atom is 0.129 e. The number of rotatable bonds is 1. The van der Waals surface area contributed by atoms with Gasteiger partial charge in [0.1, 0.15) is 5.82 Å². The molecule has 2 saturated heterocycles. The number of benzene rings is 1. The second-order valence-corrected chi connectivity index (χ2v) is 6.57. The molecule has 0 bridgehead atoms. The summed E-state index contributed by atoms with van der Waals surface area (Å²) in [7, 11) is 0. The molecule has 0 unspecified atom stereocenters. The Bertz CT molecular complexity index is 658. The number of aromatic nitrogens is 1. The molecule has 3 nitrogen and oxygen atoms in total. The maximum atomic E-state index is 6.04. The first-order chi connectivity index (χ1) is 10.3. The van der Waals surface area contributed by atoms with Gasteiger partial charge in [-0.2, -0.15) is 0 Å². The largest absolute Gasteiger partial charge is 0.354 e. The van der Waals surface area contributed by atoms with E-state index < -0.39 is 0 Å². The van der Waals surface area contributed by atoms with Crippen molar-refractivity contribution < 1.29 is 0 Å². The summed E-state index contributed by atoms with van der Waals surface area (Å²) in [6.07, 6.45) is 4.07. The Morgan fingerprint density at radius 3 is 2.95 bits per heavy atom. The minimum absolute atomic E-state index is 0.718. The Hall–Kier alpha value is -1.32. The fourth-order valence-electron chi connectivity index (χ4n) is 3.63. The molecule has 3 heterocycles. The van der Waals surface area contributed by atoms with Crippen LogP contribution in [0.25, 0.3) is 10.9 Å². The first-order valence-electron chi connectivity index (χ1n) is 7.85. The molecule has 1 aromatic heterocycles. The van der Waals surface area contributed by atoms with Crippen LogP contribution in [0.1, 0.15) is 19.3 Å². The lowest BCUT2D eigenvalue weighted by Crippen LogP contribution is -2.55. The van der Waals surface area contributed by atoms with Crippen LogP contribution in [-0.4, -0.2) is 42.1 Å². The zero-order valence-electron chi connectivity index (χ0n) is 12.1. The molecule has 2 aromatic rings. The quantitative estimate of drug-likeness (QED) is 0.803. The summed E-state index contributed by atoms with van der Waals surface area (Å²) < 4.78 is 0. The van der Waals surface area contributed by atoms with Gasteiger partial charge in [-0.05, 0) is 49.7 Å². The van der Waals surface area contributed by atoms with E-state index in [1.165, 1.54) is 32.4 Å². The molecular weight excluding hydrogens is 282 g/mol. The SMILES string of the molecule is Clc1ccc2nc(N3CCN4CCCC[C@@H]4C3)ccc2c1. The van der Waals surface area contributed by atoms with Crippen LogP contribution in [0.5, 0.6) is 0 Å². The Morgan fingerprint density at radius 1 is 1.05 bits per heavy atom. The number of fused-ring (bicyclic) bond motifs is 2. The summed E-state index contributed by atoms with van der Waals surface area (Å²) in [5.74, 6) is 1.11. The van der Waals surface area contributed by atoms with Crippen molar-refractivity contribution in [3.05, 3.63) is 35.4 Å². The number of halogens is 1. The zero-order valence-corrected chi connectivity index (χ0v) is 12.9. The molecule has 0 radical (unpaired) electrons. The molecule has 4 rings (SSSR count). The highest BCUT2D eigenvalue weighted by atomic mass is 35.5. The highest BCUT2D eigenvalue weighted by Crippen LogP contribution is 2.26. The van der Waals surface area contributed by atoms with Crippen LogP contribution >= 0.6 is 11.6 Å². The monoisotopic (exact) mass is 301 g/mol. The summed E-state index contributed by atoms with van der Waals surface area (Å²) in [6.45, 7) is 4.65. The third-order valence-electron chi connectivity index (χ3n) is 4.80. The zero-order chi connectivity index (χ0) is 14.2. The van der Waals surface area contributed by atoms with Crippen molar-refractivity contribution in [3.63, 3.8) is 0 Å². The van der Waals surface area contributed by atoms with Gasteiger partial charge in [-0.25, -0.2) is 4.98 Å². The molecule has 0 N–H and O–H groups in total. The summed E-state index contributed by atoms with van der Waals surface area (Å²) in [4.78, 5) is 9.92. The maximum absolute atomic E-state index is 6.04. The van der Waals surface area contributed by atoms with Gasteiger partial charge in [0, 0.05) is 36.1 Å². The third kappa shape index (κ3) is 2.60. The lowest BCUT2D eigenvalue weighted by Gasteiger charge is -2.44. The standard InChI is InChI=1S/C17H20ClN3/c18-14-5-6-16-13(11-14)4-7-17(19-16)21-10-9-20-8-2-1-3-15(20)12-21/h4-7,11,15H,1-3,8-10,12H2/t15-/m1/s1. The van der Waals surface area contributed by atoms with Crippen molar-refractivity contribution in [3.8, 4) is 0 Å². The molecule has 2 aliphatic rings. The van der Waals surface area contributed by atoms with Gasteiger partial charge in [-0.15, -0.1) is 0 Å². The molecule has 1 atom stereocenters. The van der Waals surface area contributed by atoms with E-state index in [-0.39, 0.29) is 0 Å². The third-order valence-corrected chi connectivity index (χ3v) is 5.03. The average molecular weight is 302 g/mol. The summed E-state index contributed by atoms with van der Waals surface area (Å²) in [5, 5.41) is 1.88. The normalized spacial score (nSPS) is 23.3. The Labute approximate surface area is 130 Å². The van der Waals surface area contributed by atoms with Crippen molar-refractivity contribution in [2.24, 2.45) is 0 Å². The van der Waals surface area contributed by atoms with E-state index in [0.717, 1.165) is 40.9 Å². The molecule has 4 heteroatoms. The number of anilines is 1. The first-order valence-corrected chi connectivity index (χ1v) is 8.23. The molecule has 0 aliphatic carbocycles. The number of pyridine rings is 1. The van der Waals surface area contributed by atoms with E-state index in [4.69, 9.17) is 16.6 Å². The van der Waals surface area contributed by atoms with Gasteiger partial charge < -0.3 is 4.90 Å². The van der Waals surface area contributed by atoms with Crippen molar-refractivity contribution in [1.29, 1.82) is 0 Å². The van der Waals surface area contributed by atoms with Crippen LogP contribution < -0.4 is 4.90 Å². The second kappa shape index (κ2) is 5.47. The van der Waals surface area contributed by atoms with E-state index in [1.807, 2.05) is 18.2 Å². The lowest BCUT2D eigenvalue weighted by atomic mass is 9.99. The van der Waals surface area contributed by atoms with Gasteiger partial charge in [0.15, 0.2) is 0 Å². The lowest BCUT2D eigenvalue weighted by molar-refractivity contribution is 0.133. The minimum atomic E-state index is 0.718. The summed E-state index contributed by atoms with van der Waals surface area (Å²) in [6, 6.07) is 10.9. The number of piperazine rings is 1. The fourth-order valence-corrected chi connectivity index (χ4v) is 3.81. The highest BCUT2D eigenvalue weighted by Gasteiger charge is 2.29. The number of hydrogen-bond donors (Lipinski definition) is 0. The van der Waals surface area contributed by atoms with Crippen molar-refractivity contribution in [1.82, 2.24) is 9.88 Å². The average Bonchev–Trinajstić information content (AvgIpc) is 2.54. The van der Waals surface area contributed by atoms with E-state index in [2.05, 4.69) is 21.9 Å². The Morgan fingerprint density at radius 2 is 2.00 bits per heavy atom. The van der Waals surface area contributed by atoms with Gasteiger partial charge in [-0.1, -0.05) is 18.0 Å². The molecule has 21 heavy (non-hydrogen) atoms. The smallest absolute Gasteiger partial charge is 0.129 e. The van der Waals surface area contributed by atoms with E-state index in [9.17, 15) is 0 Å². The van der Waals surface area contributed by atoms with Gasteiger partial charge in [-0.3, -0.25) is 4.90 Å². The predicted octanol–water partition coefficient (Wildman–Crippen LogP) is 3.56. The molecule has 0 saturated carbocycles. The summed E-state index contributed by atoms with van der Waals surface area (Å²) >= 11 is 6.04. The minimum Gasteiger partial charge on any atom is -0.354 e. The first kappa shape index (κ1) is 13.4. The predicted molar refractivity (Wildman–Crippen MR) is 88.2 cm³/mol. The van der Waals surface area contributed by atoms with Gasteiger partial charge in [0.25, 0.3) is 0 Å². The van der Waals surface area contributed by atoms with E-state index in [0.29, 0.717) is 0 Å². The van der Waals surface area contributed by atoms with Crippen molar-refractivity contribution in [2.45, 2.75) is 25.3 Å². The molecular formula is C17H20ClN3. The van der Waals surface area contributed by atoms with E-state index >= 15 is 0 Å². The van der Waals surface area contributed by atoms with Crippen LogP contribution in [0.3, 0.4) is 0 Å². The number of hydrogen-bond acceptors (Lipinski definition) is 3. The molecule has 2 aliphatic heterocycles. The molecule has 2 fully saturated rings. The van der Waals surface area contributed by atoms with Crippen molar-refractivity contribution >= 4 is 28.3 Å². The van der Waals surface area contributed by atoms with Gasteiger partial charge in [0.05, 0.1) is 5.52 Å². The van der Waals surface area contributed by atoms with Crippen LogP contribution in [0.15, 0.2) is 30.3 Å². The van der Waals surface area contributed by atoms with Gasteiger partial charge in [0.2, 0.25) is 0 Å². The molecule has 1 aromatic carbocycles. The van der Waals surface area contributed by atoms with Crippen LogP contribution in [0, 0.1) is 0 Å². The van der Waals surface area contributed by atoms with Crippen LogP contribution in [0.4, 0.5) is 5.82 Å². The van der Waals surface area contributed by atoms with Gasteiger partial charge >= 0.3 is 0 Å². The van der Waals surface area contributed by atoms with Crippen LogP contribution in [0.2, 0.25) is 5.02 Å². The highest BCUT2D eigenvalue weighted by molar-refractivity contribution is 6.31. The molecule has 0 spiro atoms. The van der Waals surface area contributed by atoms with Crippen molar-refractivity contribution in [2.75, 3.05) is 31.1 Å². The number of piperidine rings is 1. The Balaban J connectivity index is 1.59. The van der Waals surface area contributed by atoms with E-state index in [1.54, 1.807) is 0 Å². The second-order valence-electron chi connectivity index (χ2n) is 6.14. The molecule has 0 amide bonds. The molecule has 110 valence electrons. The summed E-state index contributed by atoms with van der Waals surface area (Å²) in [5.41, 5.74) is 1.03. The topological polar surface area (TPSA) is 19.4 Å². The fraction of sp³-hybridized carbons (Fsp3) is 0.471. The Kier molecular flexibility index (Phi) is 3.48.